The first-order valence-electron chi connectivity index (χ1n) is 9.95. The number of hydrogen-bond donors (Lipinski definition) is 2. The number of primary amides is 1. The minimum Gasteiger partial charge on any atom is -0.494 e. The number of imidazole rings is 1. The molecular weight excluding hydrogens is 412 g/mol. The highest BCUT2D eigenvalue weighted by Gasteiger charge is 2.18. The molecule has 3 heterocycles. The van der Waals surface area contributed by atoms with Crippen LogP contribution in [0.5, 0.6) is 5.75 Å². The van der Waals surface area contributed by atoms with E-state index in [0.717, 1.165) is 41.2 Å². The summed E-state index contributed by atoms with van der Waals surface area (Å²) in [6.07, 6.45) is 4.18. The fraction of sp³-hybridized carbons (Fsp3) is 0.217. The Morgan fingerprint density at radius 3 is 2.71 bits per heavy atom. The molecule has 0 radical (unpaired) electrons. The number of carbonyl (C=O) groups is 2. The van der Waals surface area contributed by atoms with E-state index in [2.05, 4.69) is 15.0 Å². The van der Waals surface area contributed by atoms with Gasteiger partial charge in [-0.25, -0.2) is 4.98 Å². The van der Waals surface area contributed by atoms with Gasteiger partial charge in [-0.05, 0) is 55.0 Å². The maximum absolute atomic E-state index is 12.9. The van der Waals surface area contributed by atoms with Crippen LogP contribution in [0.2, 0.25) is 0 Å². The van der Waals surface area contributed by atoms with Gasteiger partial charge in [0.05, 0.1) is 17.6 Å². The molecule has 8 heteroatoms. The molecule has 1 aromatic carbocycles. The molecule has 4 rings (SSSR count). The van der Waals surface area contributed by atoms with Gasteiger partial charge < -0.3 is 15.5 Å². The second kappa shape index (κ2) is 9.09. The van der Waals surface area contributed by atoms with E-state index in [4.69, 9.17) is 10.5 Å². The van der Waals surface area contributed by atoms with Crippen LogP contribution >= 0.6 is 11.3 Å². The number of methoxy groups -OCH3 is 1. The number of amides is 1. The zero-order valence-electron chi connectivity index (χ0n) is 17.1. The van der Waals surface area contributed by atoms with Crippen LogP contribution in [0.3, 0.4) is 0 Å². The third-order valence-corrected chi connectivity index (χ3v) is 5.95. The molecule has 4 aromatic rings. The summed E-state index contributed by atoms with van der Waals surface area (Å²) in [4.78, 5) is 37.3. The van der Waals surface area contributed by atoms with E-state index in [1.807, 2.05) is 17.5 Å². The third-order valence-electron chi connectivity index (χ3n) is 5.08. The van der Waals surface area contributed by atoms with Gasteiger partial charge in [-0.2, -0.15) is 0 Å². The average Bonchev–Trinajstić information content (AvgIpc) is 3.46. The van der Waals surface area contributed by atoms with Crippen molar-refractivity contribution in [2.75, 3.05) is 7.11 Å². The van der Waals surface area contributed by atoms with Gasteiger partial charge in [-0.3, -0.25) is 14.6 Å². The molecule has 158 valence electrons. The number of ketones is 1. The Morgan fingerprint density at radius 2 is 2.03 bits per heavy atom. The highest BCUT2D eigenvalue weighted by molar-refractivity contribution is 7.13. The summed E-state index contributed by atoms with van der Waals surface area (Å²) in [5, 5.41) is 1.99. The van der Waals surface area contributed by atoms with Gasteiger partial charge in [0.2, 0.25) is 5.91 Å². The minimum absolute atomic E-state index is 0.0499. The van der Waals surface area contributed by atoms with Crippen LogP contribution in [0.15, 0.2) is 48.0 Å². The first kappa shape index (κ1) is 20.7. The van der Waals surface area contributed by atoms with Crippen molar-refractivity contribution >= 4 is 34.1 Å². The van der Waals surface area contributed by atoms with Crippen molar-refractivity contribution in [3.63, 3.8) is 0 Å². The Morgan fingerprint density at radius 1 is 1.16 bits per heavy atom. The van der Waals surface area contributed by atoms with Crippen molar-refractivity contribution in [1.82, 2.24) is 15.0 Å². The smallest absolute Gasteiger partial charge is 0.250 e. The molecule has 1 amide bonds. The van der Waals surface area contributed by atoms with Gasteiger partial charge >= 0.3 is 0 Å². The van der Waals surface area contributed by atoms with E-state index < -0.39 is 5.91 Å². The standard InChI is InChI=1S/C23H22N4O3S/c1-30-18-11-10-16(20-21(18)27-23(26-20)19-7-4-12-31-19)17(28)6-3-2-5-15-9-8-14(13-25-15)22(24)29/h4,7-13H,2-3,5-6H2,1H3,(H2,24,29)(H,26,27). The Bertz CT molecular complexity index is 1210. The van der Waals surface area contributed by atoms with E-state index in [-0.39, 0.29) is 5.78 Å². The first-order chi connectivity index (χ1) is 15.1. The van der Waals surface area contributed by atoms with Crippen molar-refractivity contribution in [3.05, 3.63) is 64.8 Å². The molecule has 0 bridgehead atoms. The lowest BCUT2D eigenvalue weighted by Crippen LogP contribution is -2.11. The average molecular weight is 435 g/mol. The number of nitrogens with one attached hydrogen (secondary N) is 1. The topological polar surface area (TPSA) is 111 Å². The number of fused-ring (bicyclic) bond motifs is 1. The molecule has 31 heavy (non-hydrogen) atoms. The van der Waals surface area contributed by atoms with Crippen LogP contribution < -0.4 is 10.5 Å². The summed E-state index contributed by atoms with van der Waals surface area (Å²) >= 11 is 1.59. The Labute approximate surface area is 183 Å². The lowest BCUT2D eigenvalue weighted by molar-refractivity contribution is 0.0977. The van der Waals surface area contributed by atoms with Crippen molar-refractivity contribution in [2.24, 2.45) is 5.73 Å². The second-order valence-corrected chi connectivity index (χ2v) is 8.08. The van der Waals surface area contributed by atoms with E-state index >= 15 is 0 Å². The second-order valence-electron chi connectivity index (χ2n) is 7.13. The maximum atomic E-state index is 12.9. The van der Waals surface area contributed by atoms with E-state index in [1.165, 1.54) is 6.20 Å². The lowest BCUT2D eigenvalue weighted by atomic mass is 10.0. The molecular formula is C23H22N4O3S. The van der Waals surface area contributed by atoms with Crippen LogP contribution in [0.4, 0.5) is 0 Å². The number of rotatable bonds is 9. The first-order valence-corrected chi connectivity index (χ1v) is 10.8. The van der Waals surface area contributed by atoms with Gasteiger partial charge in [-0.15, -0.1) is 11.3 Å². The molecule has 3 aromatic heterocycles. The quantitative estimate of drug-likeness (QED) is 0.300. The number of ether oxygens (including phenoxy) is 1. The Balaban J connectivity index is 1.44. The fourth-order valence-corrected chi connectivity index (χ4v) is 4.11. The summed E-state index contributed by atoms with van der Waals surface area (Å²) in [6.45, 7) is 0. The van der Waals surface area contributed by atoms with Crippen LogP contribution in [0, 0.1) is 0 Å². The summed E-state index contributed by atoms with van der Waals surface area (Å²) < 4.78 is 5.45. The number of thiophene rings is 1. The number of nitrogens with two attached hydrogens (primary N) is 1. The largest absolute Gasteiger partial charge is 0.494 e. The Kier molecular flexibility index (Phi) is 6.08. The monoisotopic (exact) mass is 434 g/mol. The molecule has 0 aliphatic rings. The number of carbonyl (C=O) groups excluding carboxylic acids is 2. The van der Waals surface area contributed by atoms with Crippen LogP contribution in [-0.2, 0) is 6.42 Å². The van der Waals surface area contributed by atoms with Gasteiger partial charge in [-0.1, -0.05) is 6.07 Å². The van der Waals surface area contributed by atoms with Crippen molar-refractivity contribution in [1.29, 1.82) is 0 Å². The third kappa shape index (κ3) is 4.49. The van der Waals surface area contributed by atoms with Gasteiger partial charge in [0, 0.05) is 23.9 Å². The van der Waals surface area contributed by atoms with Crippen LogP contribution in [0.25, 0.3) is 21.7 Å². The molecule has 0 spiro atoms. The number of unbranched alkanes of at least 4 members (excludes halogenated alkanes) is 1. The fourth-order valence-electron chi connectivity index (χ4n) is 3.44. The molecule has 0 fully saturated rings. The number of H-pyrrole nitrogens is 1. The predicted octanol–water partition coefficient (Wildman–Crippen LogP) is 4.39. The van der Waals surface area contributed by atoms with Crippen LogP contribution in [-0.4, -0.2) is 33.8 Å². The lowest BCUT2D eigenvalue weighted by Gasteiger charge is -2.06. The number of pyridine rings is 1. The molecule has 0 saturated heterocycles. The number of Topliss-reactive ketones (excluding diaryl/α,β-unsaturated/α-hetero) is 1. The summed E-state index contributed by atoms with van der Waals surface area (Å²) in [5.41, 5.74) is 8.46. The number of benzene rings is 1. The van der Waals surface area contributed by atoms with E-state index in [9.17, 15) is 9.59 Å². The number of nitrogens with zero attached hydrogens (tertiary/aromatic N) is 2. The maximum Gasteiger partial charge on any atom is 0.250 e. The summed E-state index contributed by atoms with van der Waals surface area (Å²) in [5.74, 6) is 0.950. The SMILES string of the molecule is COc1ccc(C(=O)CCCCc2ccc(C(N)=O)cn2)c2nc(-c3cccs3)[nH]c12. The van der Waals surface area contributed by atoms with Crippen LogP contribution in [0.1, 0.15) is 45.7 Å². The zero-order chi connectivity index (χ0) is 21.8. The number of aromatic amines is 1. The number of aromatic nitrogens is 3. The van der Waals surface area contributed by atoms with Gasteiger partial charge in [0.1, 0.15) is 22.6 Å². The summed E-state index contributed by atoms with van der Waals surface area (Å²) in [7, 11) is 1.60. The highest BCUT2D eigenvalue weighted by atomic mass is 32.1. The number of aryl methyl sites for hydroxylation is 1. The molecule has 0 aliphatic carbocycles. The molecule has 0 aliphatic heterocycles. The molecule has 0 saturated carbocycles. The molecule has 0 atom stereocenters. The van der Waals surface area contributed by atoms with E-state index in [1.54, 1.807) is 42.7 Å². The molecule has 7 nitrogen and oxygen atoms in total. The number of hydrogen-bond acceptors (Lipinski definition) is 6. The van der Waals surface area contributed by atoms with Crippen molar-refractivity contribution in [3.8, 4) is 16.5 Å². The van der Waals surface area contributed by atoms with Gasteiger partial charge in [0.25, 0.3) is 0 Å². The zero-order valence-corrected chi connectivity index (χ0v) is 17.9. The highest BCUT2D eigenvalue weighted by Crippen LogP contribution is 2.32. The minimum atomic E-state index is -0.490. The van der Waals surface area contributed by atoms with Crippen molar-refractivity contribution < 1.29 is 14.3 Å². The predicted molar refractivity (Wildman–Crippen MR) is 121 cm³/mol. The normalized spacial score (nSPS) is 11.0. The van der Waals surface area contributed by atoms with Gasteiger partial charge in [0.15, 0.2) is 5.78 Å². The Hall–Kier alpha value is -3.52. The molecule has 0 unspecified atom stereocenters. The molecule has 3 N–H and O–H groups in total. The summed E-state index contributed by atoms with van der Waals surface area (Å²) in [6, 6.07) is 11.0. The van der Waals surface area contributed by atoms with Crippen molar-refractivity contribution in [2.45, 2.75) is 25.7 Å². The van der Waals surface area contributed by atoms with E-state index in [0.29, 0.717) is 28.8 Å².